The van der Waals surface area contributed by atoms with Crippen LogP contribution in [0.4, 0.5) is 0 Å². The Morgan fingerprint density at radius 3 is 3.04 bits per heavy atom. The van der Waals surface area contributed by atoms with Crippen molar-refractivity contribution in [2.45, 2.75) is 19.4 Å². The Morgan fingerprint density at radius 2 is 2.27 bits per heavy atom. The number of allylic oxidation sites excluding steroid dienone is 1. The lowest BCUT2D eigenvalue weighted by atomic mass is 10.0. The molecule has 0 atom stereocenters. The molecule has 1 aliphatic carbocycles. The van der Waals surface area contributed by atoms with Crippen LogP contribution in [0.2, 0.25) is 5.02 Å². The summed E-state index contributed by atoms with van der Waals surface area (Å²) in [5.74, 6) is 0.174. The summed E-state index contributed by atoms with van der Waals surface area (Å²) in [5, 5.41) is 27.8. The number of hydrogen-bond acceptors (Lipinski definition) is 6. The predicted octanol–water partition coefficient (Wildman–Crippen LogP) is 1.92. The molecule has 3 aromatic rings. The standard InChI is InChI=1S/C16H14ClN7O2/c17-12-3-1-2-10(6-12)16(25)23(9-15-19-21-22-20-15)13-4-5-14-11(7-13)8-18-24(14)26/h1-3,6-8,26H,4-5,9H2,(H,19,20,21,22). The molecule has 1 amide bonds. The lowest BCUT2D eigenvalue weighted by molar-refractivity contribution is 0.0788. The van der Waals surface area contributed by atoms with Crippen molar-refractivity contribution >= 4 is 23.6 Å². The van der Waals surface area contributed by atoms with Crippen LogP contribution in [-0.4, -0.2) is 46.6 Å². The SMILES string of the molecule is O=C(c1cccc(Cl)c1)N(Cc1nn[nH]n1)C1=Cc2cnn(O)c2CC1. The lowest BCUT2D eigenvalue weighted by Gasteiger charge is -2.26. The van der Waals surface area contributed by atoms with Gasteiger partial charge in [0.25, 0.3) is 5.91 Å². The Morgan fingerprint density at radius 1 is 1.38 bits per heavy atom. The zero-order chi connectivity index (χ0) is 18.1. The molecule has 2 heterocycles. The third-order valence-corrected chi connectivity index (χ3v) is 4.41. The summed E-state index contributed by atoms with van der Waals surface area (Å²) in [4.78, 5) is 15.6. The van der Waals surface area contributed by atoms with Crippen LogP contribution in [0.1, 0.15) is 33.9 Å². The summed E-state index contributed by atoms with van der Waals surface area (Å²) in [6.07, 6.45) is 4.51. The summed E-state index contributed by atoms with van der Waals surface area (Å²) in [5.41, 5.74) is 2.72. The predicted molar refractivity (Wildman–Crippen MR) is 91.2 cm³/mol. The van der Waals surface area contributed by atoms with Crippen LogP contribution in [0.3, 0.4) is 0 Å². The van der Waals surface area contributed by atoms with Gasteiger partial charge in [0, 0.05) is 21.8 Å². The first-order chi connectivity index (χ1) is 12.6. The minimum Gasteiger partial charge on any atom is -0.411 e. The number of hydrogen-bond donors (Lipinski definition) is 2. The van der Waals surface area contributed by atoms with Gasteiger partial charge in [0.2, 0.25) is 0 Å². The smallest absolute Gasteiger partial charge is 0.258 e. The van der Waals surface area contributed by atoms with Crippen molar-refractivity contribution in [3.05, 3.63) is 63.8 Å². The van der Waals surface area contributed by atoms with Gasteiger partial charge in [0.15, 0.2) is 5.82 Å². The van der Waals surface area contributed by atoms with E-state index in [0.29, 0.717) is 34.9 Å². The molecule has 0 unspecified atom stereocenters. The summed E-state index contributed by atoms with van der Waals surface area (Å²) in [6, 6.07) is 6.76. The summed E-state index contributed by atoms with van der Waals surface area (Å²) in [7, 11) is 0. The van der Waals surface area contributed by atoms with Crippen LogP contribution < -0.4 is 0 Å². The second-order valence-electron chi connectivity index (χ2n) is 5.80. The maximum atomic E-state index is 13.1. The molecule has 0 saturated carbocycles. The third-order valence-electron chi connectivity index (χ3n) is 4.17. The first-order valence-electron chi connectivity index (χ1n) is 7.88. The van der Waals surface area contributed by atoms with Gasteiger partial charge in [0.1, 0.15) is 0 Å². The third kappa shape index (κ3) is 3.04. The number of carbonyl (C=O) groups excluding carboxylic acids is 1. The van der Waals surface area contributed by atoms with E-state index in [-0.39, 0.29) is 12.5 Å². The van der Waals surface area contributed by atoms with E-state index < -0.39 is 0 Å². The molecule has 0 radical (unpaired) electrons. The van der Waals surface area contributed by atoms with Crippen LogP contribution in [0.5, 0.6) is 0 Å². The molecule has 26 heavy (non-hydrogen) atoms. The lowest BCUT2D eigenvalue weighted by Crippen LogP contribution is -2.31. The van der Waals surface area contributed by atoms with Crippen molar-refractivity contribution in [2.75, 3.05) is 0 Å². The molecule has 9 nitrogen and oxygen atoms in total. The van der Waals surface area contributed by atoms with Crippen molar-refractivity contribution < 1.29 is 10.0 Å². The molecule has 1 aliphatic rings. The maximum absolute atomic E-state index is 13.1. The normalized spacial score (nSPS) is 13.2. The van der Waals surface area contributed by atoms with E-state index >= 15 is 0 Å². The number of tetrazole rings is 1. The van der Waals surface area contributed by atoms with E-state index in [2.05, 4.69) is 25.7 Å². The monoisotopic (exact) mass is 371 g/mol. The molecule has 1 aromatic carbocycles. The fourth-order valence-electron chi connectivity index (χ4n) is 2.92. The number of benzene rings is 1. The van der Waals surface area contributed by atoms with Crippen LogP contribution in [0.15, 0.2) is 36.2 Å². The first kappa shape index (κ1) is 16.3. The molecule has 0 spiro atoms. The van der Waals surface area contributed by atoms with Crippen LogP contribution in [0.25, 0.3) is 6.08 Å². The molecule has 0 saturated heterocycles. The van der Waals surface area contributed by atoms with Crippen molar-refractivity contribution in [3.8, 4) is 0 Å². The molecule has 0 aliphatic heterocycles. The van der Waals surface area contributed by atoms with Crippen LogP contribution >= 0.6 is 11.6 Å². The van der Waals surface area contributed by atoms with Crippen molar-refractivity contribution in [2.24, 2.45) is 0 Å². The summed E-state index contributed by atoms with van der Waals surface area (Å²) >= 11 is 6.03. The number of amides is 1. The highest BCUT2D eigenvalue weighted by Gasteiger charge is 2.26. The van der Waals surface area contributed by atoms with E-state index in [1.165, 1.54) is 0 Å². The number of aromatic amines is 1. The molecule has 0 fully saturated rings. The molecule has 10 heteroatoms. The van der Waals surface area contributed by atoms with Gasteiger partial charge < -0.3 is 10.1 Å². The fourth-order valence-corrected chi connectivity index (χ4v) is 3.11. The second kappa shape index (κ2) is 6.60. The molecule has 132 valence electrons. The Kier molecular flexibility index (Phi) is 4.13. The van der Waals surface area contributed by atoms with Crippen molar-refractivity contribution in [3.63, 3.8) is 0 Å². The number of rotatable bonds is 4. The van der Waals surface area contributed by atoms with Gasteiger partial charge in [-0.1, -0.05) is 22.9 Å². The molecular weight excluding hydrogens is 358 g/mol. The number of aromatic nitrogens is 6. The topological polar surface area (TPSA) is 113 Å². The van der Waals surface area contributed by atoms with E-state index in [1.807, 2.05) is 6.08 Å². The minimum atomic E-state index is -0.219. The molecule has 4 rings (SSSR count). The largest absolute Gasteiger partial charge is 0.411 e. The number of nitrogens with zero attached hydrogens (tertiary/aromatic N) is 6. The Labute approximate surface area is 152 Å². The number of fused-ring (bicyclic) bond motifs is 1. The molecular formula is C16H14ClN7O2. The number of carbonyl (C=O) groups is 1. The molecule has 2 aromatic heterocycles. The van der Waals surface area contributed by atoms with E-state index in [9.17, 15) is 10.0 Å². The first-order valence-corrected chi connectivity index (χ1v) is 8.26. The zero-order valence-electron chi connectivity index (χ0n) is 13.5. The van der Waals surface area contributed by atoms with E-state index in [0.717, 1.165) is 16.1 Å². The number of nitrogens with one attached hydrogen (secondary N) is 1. The van der Waals surface area contributed by atoms with Gasteiger partial charge in [-0.05, 0) is 37.1 Å². The van der Waals surface area contributed by atoms with Gasteiger partial charge >= 0.3 is 0 Å². The Bertz CT molecular complexity index is 980. The van der Waals surface area contributed by atoms with Crippen molar-refractivity contribution in [1.29, 1.82) is 0 Å². The fraction of sp³-hybridized carbons (Fsp3) is 0.188. The van der Waals surface area contributed by atoms with Gasteiger partial charge in [-0.2, -0.15) is 5.21 Å². The Balaban J connectivity index is 1.71. The quantitative estimate of drug-likeness (QED) is 0.677. The van der Waals surface area contributed by atoms with Crippen molar-refractivity contribution in [1.82, 2.24) is 35.5 Å². The van der Waals surface area contributed by atoms with Crippen LogP contribution in [-0.2, 0) is 13.0 Å². The maximum Gasteiger partial charge on any atom is 0.258 e. The van der Waals surface area contributed by atoms with E-state index in [1.54, 1.807) is 35.4 Å². The van der Waals surface area contributed by atoms with Gasteiger partial charge in [0.05, 0.1) is 18.4 Å². The van der Waals surface area contributed by atoms with Gasteiger partial charge in [-0.25, -0.2) is 0 Å². The van der Waals surface area contributed by atoms with Gasteiger partial charge in [-0.15, -0.1) is 20.1 Å². The zero-order valence-corrected chi connectivity index (χ0v) is 14.3. The van der Waals surface area contributed by atoms with Crippen LogP contribution in [0, 0.1) is 0 Å². The number of halogens is 1. The highest BCUT2D eigenvalue weighted by molar-refractivity contribution is 6.31. The number of H-pyrrole nitrogens is 1. The highest BCUT2D eigenvalue weighted by atomic mass is 35.5. The van der Waals surface area contributed by atoms with E-state index in [4.69, 9.17) is 11.6 Å². The summed E-state index contributed by atoms with van der Waals surface area (Å²) in [6.45, 7) is 0.163. The van der Waals surface area contributed by atoms with Gasteiger partial charge in [-0.3, -0.25) is 4.79 Å². The molecule has 0 bridgehead atoms. The minimum absolute atomic E-state index is 0.163. The molecule has 2 N–H and O–H groups in total. The average Bonchev–Trinajstić information content (AvgIpc) is 3.29. The average molecular weight is 372 g/mol. The Hall–Kier alpha value is -3.20. The second-order valence-corrected chi connectivity index (χ2v) is 6.24. The summed E-state index contributed by atoms with van der Waals surface area (Å²) < 4.78 is 0. The highest BCUT2D eigenvalue weighted by Crippen LogP contribution is 2.28.